The molecule has 0 amide bonds. The summed E-state index contributed by atoms with van der Waals surface area (Å²) in [7, 11) is 1.61. The number of fused-ring (bicyclic) bond motifs is 8. The first kappa shape index (κ1) is 27.8. The SMILES string of the molecule is CN(c1c(O)c(O)c2c(O)c(O)c(O)c(O)c2c1O)c1c(-c2ccccc2)ccc2cc3c4c5n(c3cc12)-c1ccccc1C5CC=C4. The predicted octanol–water partition coefficient (Wildman–Crippen LogP) is 8.17. The van der Waals surface area contributed by atoms with Crippen LogP contribution < -0.4 is 4.90 Å². The molecule has 0 spiro atoms. The molecule has 1 aliphatic carbocycles. The summed E-state index contributed by atoms with van der Waals surface area (Å²) in [4.78, 5) is 1.52. The molecule has 0 saturated carbocycles. The minimum absolute atomic E-state index is 0.244. The molecule has 6 aromatic carbocycles. The van der Waals surface area contributed by atoms with Gasteiger partial charge in [-0.05, 0) is 41.1 Å². The van der Waals surface area contributed by atoms with Gasteiger partial charge >= 0.3 is 0 Å². The Morgan fingerprint density at radius 3 is 2.06 bits per heavy atom. The van der Waals surface area contributed by atoms with Crippen LogP contribution in [0.1, 0.15) is 29.2 Å². The van der Waals surface area contributed by atoms with Gasteiger partial charge in [0, 0.05) is 46.2 Å². The van der Waals surface area contributed by atoms with Crippen LogP contribution in [0.3, 0.4) is 0 Å². The third-order valence-corrected chi connectivity index (χ3v) is 9.99. The van der Waals surface area contributed by atoms with Gasteiger partial charge in [-0.1, -0.05) is 72.8 Å². The summed E-state index contributed by atoms with van der Waals surface area (Å²) in [6.45, 7) is 0. The summed E-state index contributed by atoms with van der Waals surface area (Å²) in [6, 6.07) is 26.3. The van der Waals surface area contributed by atoms with E-state index in [1.54, 1.807) is 7.05 Å². The topological polar surface area (TPSA) is 150 Å². The van der Waals surface area contributed by atoms with Gasteiger partial charge in [-0.15, -0.1) is 0 Å². The number of para-hydroxylation sites is 1. The number of hydrogen-bond acceptors (Lipinski definition) is 8. The van der Waals surface area contributed by atoms with Crippen molar-refractivity contribution >= 4 is 49.9 Å². The van der Waals surface area contributed by atoms with Gasteiger partial charge in [-0.25, -0.2) is 0 Å². The maximum absolute atomic E-state index is 11.6. The number of aromatic nitrogens is 1. The van der Waals surface area contributed by atoms with Crippen LogP contribution in [0.4, 0.5) is 11.4 Å². The smallest absolute Gasteiger partial charge is 0.205 e. The summed E-state index contributed by atoms with van der Waals surface area (Å²) in [5.74, 6) is -6.39. The highest BCUT2D eigenvalue weighted by Gasteiger charge is 2.35. The van der Waals surface area contributed by atoms with Crippen molar-refractivity contribution in [2.24, 2.45) is 0 Å². The molecule has 48 heavy (non-hydrogen) atoms. The van der Waals surface area contributed by atoms with Gasteiger partial charge < -0.3 is 45.2 Å². The van der Waals surface area contributed by atoms with E-state index in [0.29, 0.717) is 5.69 Å². The van der Waals surface area contributed by atoms with E-state index in [-0.39, 0.29) is 11.6 Å². The maximum Gasteiger partial charge on any atom is 0.205 e. The van der Waals surface area contributed by atoms with E-state index in [1.807, 2.05) is 48.5 Å². The van der Waals surface area contributed by atoms with Gasteiger partial charge in [0.05, 0.1) is 22.0 Å². The Hall–Kier alpha value is -6.48. The van der Waals surface area contributed by atoms with E-state index in [9.17, 15) is 35.7 Å². The fourth-order valence-corrected chi connectivity index (χ4v) is 7.87. The first-order valence-corrected chi connectivity index (χ1v) is 15.4. The summed E-state index contributed by atoms with van der Waals surface area (Å²) in [6.07, 6.45) is 5.33. The van der Waals surface area contributed by atoms with Crippen molar-refractivity contribution in [3.63, 3.8) is 0 Å². The Kier molecular flexibility index (Phi) is 5.52. The second-order valence-corrected chi connectivity index (χ2v) is 12.4. The van der Waals surface area contributed by atoms with Crippen molar-refractivity contribution in [3.05, 3.63) is 102 Å². The fraction of sp³-hybridized carbons (Fsp3) is 0.0769. The number of nitrogens with zero attached hydrogens (tertiary/aromatic N) is 2. The lowest BCUT2D eigenvalue weighted by Crippen LogP contribution is -2.12. The van der Waals surface area contributed by atoms with E-state index in [4.69, 9.17) is 0 Å². The van der Waals surface area contributed by atoms with E-state index in [2.05, 4.69) is 47.1 Å². The van der Waals surface area contributed by atoms with Crippen LogP contribution in [0.5, 0.6) is 40.2 Å². The van der Waals surface area contributed by atoms with Crippen molar-refractivity contribution in [1.82, 2.24) is 4.57 Å². The van der Waals surface area contributed by atoms with E-state index >= 15 is 0 Å². The minimum Gasteiger partial charge on any atom is -0.505 e. The number of allylic oxidation sites excluding steroid dienone is 1. The van der Waals surface area contributed by atoms with Gasteiger partial charge in [0.25, 0.3) is 0 Å². The zero-order valence-corrected chi connectivity index (χ0v) is 25.5. The van der Waals surface area contributed by atoms with Crippen molar-refractivity contribution < 1.29 is 35.7 Å². The summed E-state index contributed by atoms with van der Waals surface area (Å²) >= 11 is 0. The Morgan fingerprint density at radius 2 is 1.31 bits per heavy atom. The Balaban J connectivity index is 1.39. The van der Waals surface area contributed by atoms with Crippen molar-refractivity contribution in [2.45, 2.75) is 12.3 Å². The molecular formula is C39H28N2O7. The lowest BCUT2D eigenvalue weighted by Gasteiger charge is -2.28. The molecule has 0 saturated heterocycles. The molecule has 1 aliphatic heterocycles. The first-order chi connectivity index (χ1) is 23.2. The molecule has 0 bridgehead atoms. The van der Waals surface area contributed by atoms with Gasteiger partial charge in [0.1, 0.15) is 5.69 Å². The maximum atomic E-state index is 11.6. The molecule has 2 heterocycles. The normalized spacial score (nSPS) is 14.6. The Labute approximate surface area is 273 Å². The molecule has 236 valence electrons. The third-order valence-electron chi connectivity index (χ3n) is 9.99. The van der Waals surface area contributed by atoms with Crippen LogP contribution in [0.2, 0.25) is 0 Å². The van der Waals surface area contributed by atoms with E-state index in [0.717, 1.165) is 44.9 Å². The van der Waals surface area contributed by atoms with Gasteiger partial charge in [-0.2, -0.15) is 0 Å². The van der Waals surface area contributed by atoms with Crippen LogP contribution in [0, 0.1) is 0 Å². The molecule has 9 heteroatoms. The van der Waals surface area contributed by atoms with E-state index in [1.165, 1.54) is 21.7 Å². The fourth-order valence-electron chi connectivity index (χ4n) is 7.87. The van der Waals surface area contributed by atoms with Crippen LogP contribution in [0.25, 0.3) is 55.3 Å². The molecule has 0 fully saturated rings. The highest BCUT2D eigenvalue weighted by Crippen LogP contribution is 2.61. The zero-order chi connectivity index (χ0) is 33.2. The number of rotatable bonds is 3. The highest BCUT2D eigenvalue weighted by atomic mass is 16.3. The Bertz CT molecular complexity index is 2590. The largest absolute Gasteiger partial charge is 0.505 e. The van der Waals surface area contributed by atoms with E-state index < -0.39 is 51.0 Å². The lowest BCUT2D eigenvalue weighted by molar-refractivity contribution is 0.347. The molecular weight excluding hydrogens is 608 g/mol. The minimum atomic E-state index is -1.11. The standard InChI is InChI=1S/C39H28N2O7/c1-40(32-33(42)28-29(34(43)37(32)46)36(45)39(48)38(47)35(28)44)30-20(18-8-3-2-4-9-18)15-14-19-16-25-23-12-7-11-22-21-10-5-6-13-26(21)41(31(22)23)27(25)17-24(19)30/h2-10,12-17,22,42-48H,11H2,1H3. The van der Waals surface area contributed by atoms with Gasteiger partial charge in [-0.3, -0.25) is 0 Å². The molecule has 9 nitrogen and oxygen atoms in total. The second-order valence-electron chi connectivity index (χ2n) is 12.4. The molecule has 1 atom stereocenters. The number of phenolic OH excluding ortho intramolecular Hbond substituents is 7. The quantitative estimate of drug-likeness (QED) is 0.0758. The average molecular weight is 637 g/mol. The van der Waals surface area contributed by atoms with Crippen LogP contribution in [-0.2, 0) is 0 Å². The monoisotopic (exact) mass is 636 g/mol. The molecule has 1 aromatic heterocycles. The molecule has 7 N–H and O–H groups in total. The molecule has 9 rings (SSSR count). The van der Waals surface area contributed by atoms with Gasteiger partial charge in [0.2, 0.25) is 11.5 Å². The highest BCUT2D eigenvalue weighted by molar-refractivity contribution is 6.14. The molecule has 7 aromatic rings. The number of hydrogen-bond donors (Lipinski definition) is 7. The Morgan fingerprint density at radius 1 is 0.646 bits per heavy atom. The zero-order valence-electron chi connectivity index (χ0n) is 25.5. The average Bonchev–Trinajstić information content (AvgIpc) is 3.62. The van der Waals surface area contributed by atoms with Crippen LogP contribution in [0.15, 0.2) is 84.9 Å². The van der Waals surface area contributed by atoms with Gasteiger partial charge in [0.15, 0.2) is 28.7 Å². The summed E-state index contributed by atoms with van der Waals surface area (Å²) in [5.41, 5.74) is 7.68. The molecule has 0 radical (unpaired) electrons. The first-order valence-electron chi connectivity index (χ1n) is 15.4. The molecule has 1 unspecified atom stereocenters. The number of phenols is 7. The van der Waals surface area contributed by atoms with Crippen LogP contribution in [-0.4, -0.2) is 47.4 Å². The van der Waals surface area contributed by atoms with Crippen LogP contribution >= 0.6 is 0 Å². The number of anilines is 2. The summed E-state index contributed by atoms with van der Waals surface area (Å²) in [5, 5.41) is 77.5. The number of benzene rings is 6. The van der Waals surface area contributed by atoms with Crippen molar-refractivity contribution in [2.75, 3.05) is 11.9 Å². The second kappa shape index (κ2) is 9.52. The van der Waals surface area contributed by atoms with Crippen molar-refractivity contribution in [3.8, 4) is 57.1 Å². The molecule has 2 aliphatic rings. The third kappa shape index (κ3) is 3.39. The summed E-state index contributed by atoms with van der Waals surface area (Å²) < 4.78 is 2.32. The predicted molar refractivity (Wildman–Crippen MR) is 185 cm³/mol. The van der Waals surface area contributed by atoms with Crippen molar-refractivity contribution in [1.29, 1.82) is 0 Å². The number of aromatic hydroxyl groups is 7. The lowest BCUT2D eigenvalue weighted by atomic mass is 9.87.